The van der Waals surface area contributed by atoms with E-state index in [1.807, 2.05) is 84.5 Å². The molecule has 0 radical (unpaired) electrons. The highest BCUT2D eigenvalue weighted by molar-refractivity contribution is 5.30. The van der Waals surface area contributed by atoms with Crippen molar-refractivity contribution in [2.24, 2.45) is 7.05 Å². The molecule has 2 N–H and O–H groups in total. The van der Waals surface area contributed by atoms with Gasteiger partial charge in [0.05, 0.1) is 18.8 Å². The van der Waals surface area contributed by atoms with Crippen LogP contribution in [0.25, 0.3) is 0 Å². The van der Waals surface area contributed by atoms with E-state index in [0.29, 0.717) is 0 Å². The molecule has 2 unspecified atom stereocenters. The summed E-state index contributed by atoms with van der Waals surface area (Å²) < 4.78 is 21.9. The standard InChI is InChI=1S/C27H28FN3O2/c1-31-16-15-29-27(31)25(22-13-8-14-23(28)17-22)30-18-24(32)19-33-26(20-9-4-2-5-10-20)21-11-6-3-7-12-21/h2-17,24-26,30,32H,18-19H2,1H3. The second kappa shape index (κ2) is 11.0. The smallest absolute Gasteiger partial charge is 0.130 e. The third-order valence-electron chi connectivity index (χ3n) is 5.52. The van der Waals surface area contributed by atoms with E-state index in [1.54, 1.807) is 12.3 Å². The Kier molecular flexibility index (Phi) is 7.62. The minimum Gasteiger partial charge on any atom is -0.389 e. The van der Waals surface area contributed by atoms with Crippen molar-refractivity contribution in [3.05, 3.63) is 126 Å². The minimum absolute atomic E-state index is 0.137. The number of aryl methyl sites for hydroxylation is 1. The quantitative estimate of drug-likeness (QED) is 0.380. The predicted octanol–water partition coefficient (Wildman–Crippen LogP) is 4.41. The van der Waals surface area contributed by atoms with Crippen LogP contribution in [0.2, 0.25) is 0 Å². The molecule has 0 aliphatic carbocycles. The van der Waals surface area contributed by atoms with E-state index in [9.17, 15) is 9.50 Å². The first-order chi connectivity index (χ1) is 16.1. The number of rotatable bonds is 10. The van der Waals surface area contributed by atoms with E-state index in [0.717, 1.165) is 22.5 Å². The molecule has 0 spiro atoms. The molecule has 4 aromatic rings. The maximum atomic E-state index is 13.9. The fourth-order valence-electron chi connectivity index (χ4n) is 3.86. The summed E-state index contributed by atoms with van der Waals surface area (Å²) in [7, 11) is 1.89. The third-order valence-corrected chi connectivity index (χ3v) is 5.52. The van der Waals surface area contributed by atoms with Gasteiger partial charge in [0, 0.05) is 26.0 Å². The van der Waals surface area contributed by atoms with Crippen LogP contribution in [0.5, 0.6) is 0 Å². The van der Waals surface area contributed by atoms with Crippen molar-refractivity contribution in [3.8, 4) is 0 Å². The Morgan fingerprint density at radius 2 is 1.58 bits per heavy atom. The van der Waals surface area contributed by atoms with Crippen LogP contribution < -0.4 is 5.32 Å². The Bertz CT molecular complexity index is 1090. The highest BCUT2D eigenvalue weighted by Gasteiger charge is 2.21. The van der Waals surface area contributed by atoms with Gasteiger partial charge < -0.3 is 19.7 Å². The molecule has 6 heteroatoms. The molecule has 0 bridgehead atoms. The average molecular weight is 446 g/mol. The van der Waals surface area contributed by atoms with E-state index < -0.39 is 6.10 Å². The fourth-order valence-corrected chi connectivity index (χ4v) is 3.86. The topological polar surface area (TPSA) is 59.3 Å². The van der Waals surface area contributed by atoms with Crippen LogP contribution in [0.15, 0.2) is 97.3 Å². The van der Waals surface area contributed by atoms with Crippen LogP contribution in [0.1, 0.15) is 34.7 Å². The van der Waals surface area contributed by atoms with Gasteiger partial charge in [-0.3, -0.25) is 0 Å². The maximum absolute atomic E-state index is 13.9. The van der Waals surface area contributed by atoms with Crippen molar-refractivity contribution in [1.29, 1.82) is 0 Å². The van der Waals surface area contributed by atoms with E-state index in [2.05, 4.69) is 10.3 Å². The molecule has 0 saturated heterocycles. The molecule has 1 heterocycles. The molecule has 4 rings (SSSR count). The molecule has 5 nitrogen and oxygen atoms in total. The van der Waals surface area contributed by atoms with Gasteiger partial charge in [-0.2, -0.15) is 0 Å². The van der Waals surface area contributed by atoms with E-state index >= 15 is 0 Å². The zero-order valence-corrected chi connectivity index (χ0v) is 18.5. The number of aliphatic hydroxyl groups is 1. The normalized spacial score (nSPS) is 13.2. The van der Waals surface area contributed by atoms with E-state index in [-0.39, 0.29) is 31.1 Å². The summed E-state index contributed by atoms with van der Waals surface area (Å²) in [4.78, 5) is 4.42. The molecule has 0 aliphatic heterocycles. The van der Waals surface area contributed by atoms with Crippen LogP contribution >= 0.6 is 0 Å². The zero-order valence-electron chi connectivity index (χ0n) is 18.5. The van der Waals surface area contributed by atoms with Gasteiger partial charge in [0.1, 0.15) is 17.7 Å². The minimum atomic E-state index is -0.767. The SMILES string of the molecule is Cn1ccnc1C(NCC(O)COC(c1ccccc1)c1ccccc1)c1cccc(F)c1. The zero-order chi connectivity index (χ0) is 23.0. The Balaban J connectivity index is 1.44. The van der Waals surface area contributed by atoms with E-state index in [4.69, 9.17) is 4.74 Å². The first-order valence-electron chi connectivity index (χ1n) is 11.0. The summed E-state index contributed by atoms with van der Waals surface area (Å²) in [5, 5.41) is 14.0. The van der Waals surface area contributed by atoms with Crippen LogP contribution in [-0.4, -0.2) is 33.9 Å². The number of ether oxygens (including phenoxy) is 1. The second-order valence-corrected chi connectivity index (χ2v) is 7.98. The van der Waals surface area contributed by atoms with Crippen molar-refractivity contribution in [2.75, 3.05) is 13.2 Å². The van der Waals surface area contributed by atoms with Crippen molar-refractivity contribution < 1.29 is 14.2 Å². The number of benzene rings is 3. The predicted molar refractivity (Wildman–Crippen MR) is 126 cm³/mol. The molecule has 1 aromatic heterocycles. The van der Waals surface area contributed by atoms with Gasteiger partial charge in [0.15, 0.2) is 0 Å². The van der Waals surface area contributed by atoms with Crippen LogP contribution in [-0.2, 0) is 11.8 Å². The number of aromatic nitrogens is 2. The maximum Gasteiger partial charge on any atom is 0.130 e. The Morgan fingerprint density at radius 1 is 0.939 bits per heavy atom. The molecule has 0 saturated carbocycles. The van der Waals surface area contributed by atoms with Crippen LogP contribution in [0, 0.1) is 5.82 Å². The molecule has 3 aromatic carbocycles. The monoisotopic (exact) mass is 445 g/mol. The first-order valence-corrected chi connectivity index (χ1v) is 11.0. The second-order valence-electron chi connectivity index (χ2n) is 7.98. The van der Waals surface area contributed by atoms with Gasteiger partial charge in [-0.1, -0.05) is 72.8 Å². The lowest BCUT2D eigenvalue weighted by molar-refractivity contribution is 0.00589. The largest absolute Gasteiger partial charge is 0.389 e. The summed E-state index contributed by atoms with van der Waals surface area (Å²) in [6, 6.07) is 26.0. The van der Waals surface area contributed by atoms with Crippen molar-refractivity contribution in [2.45, 2.75) is 18.2 Å². The Hall–Kier alpha value is -3.32. The third kappa shape index (κ3) is 5.93. The van der Waals surface area contributed by atoms with Gasteiger partial charge in [0.25, 0.3) is 0 Å². The molecule has 0 aliphatic rings. The molecule has 2 atom stereocenters. The highest BCUT2D eigenvalue weighted by atomic mass is 19.1. The number of hydrogen-bond donors (Lipinski definition) is 2. The van der Waals surface area contributed by atoms with Crippen molar-refractivity contribution in [1.82, 2.24) is 14.9 Å². The summed E-state index contributed by atoms with van der Waals surface area (Å²) in [6.07, 6.45) is 2.49. The summed E-state index contributed by atoms with van der Waals surface area (Å²) >= 11 is 0. The number of nitrogens with zero attached hydrogens (tertiary/aromatic N) is 2. The fraction of sp³-hybridized carbons (Fsp3) is 0.222. The first kappa shape index (κ1) is 22.9. The van der Waals surface area contributed by atoms with Gasteiger partial charge >= 0.3 is 0 Å². The van der Waals surface area contributed by atoms with Crippen LogP contribution in [0.4, 0.5) is 4.39 Å². The lowest BCUT2D eigenvalue weighted by Crippen LogP contribution is -2.35. The molecule has 33 heavy (non-hydrogen) atoms. The van der Waals surface area contributed by atoms with Gasteiger partial charge in [0.2, 0.25) is 0 Å². The molecular weight excluding hydrogens is 417 g/mol. The lowest BCUT2D eigenvalue weighted by Gasteiger charge is -2.23. The summed E-state index contributed by atoms with van der Waals surface area (Å²) in [5.41, 5.74) is 2.79. The lowest BCUT2D eigenvalue weighted by atomic mass is 10.0. The summed E-state index contributed by atoms with van der Waals surface area (Å²) in [6.45, 7) is 0.391. The number of aliphatic hydroxyl groups excluding tert-OH is 1. The summed E-state index contributed by atoms with van der Waals surface area (Å²) in [5.74, 6) is 0.422. The Morgan fingerprint density at radius 3 is 2.15 bits per heavy atom. The van der Waals surface area contributed by atoms with Gasteiger partial charge in [-0.15, -0.1) is 0 Å². The highest BCUT2D eigenvalue weighted by Crippen LogP contribution is 2.26. The van der Waals surface area contributed by atoms with Gasteiger partial charge in [-0.05, 0) is 28.8 Å². The molecule has 170 valence electrons. The number of halogens is 1. The molecule has 0 fully saturated rings. The number of nitrogens with one attached hydrogen (secondary N) is 1. The van der Waals surface area contributed by atoms with Gasteiger partial charge in [-0.25, -0.2) is 9.37 Å². The van der Waals surface area contributed by atoms with Crippen molar-refractivity contribution >= 4 is 0 Å². The van der Waals surface area contributed by atoms with Crippen molar-refractivity contribution in [3.63, 3.8) is 0 Å². The van der Waals surface area contributed by atoms with E-state index in [1.165, 1.54) is 12.1 Å². The molecule has 0 amide bonds. The Labute approximate surface area is 193 Å². The number of hydrogen-bond acceptors (Lipinski definition) is 4. The number of imidazole rings is 1. The van der Waals surface area contributed by atoms with Crippen LogP contribution in [0.3, 0.4) is 0 Å². The molecular formula is C27H28FN3O2. The average Bonchev–Trinajstić information content (AvgIpc) is 3.26.